The molecule has 1 saturated carbocycles. The molecule has 0 saturated heterocycles. The van der Waals surface area contributed by atoms with Crippen molar-refractivity contribution in [1.29, 1.82) is 0 Å². The van der Waals surface area contributed by atoms with Gasteiger partial charge in [-0.25, -0.2) is 14.4 Å². The Morgan fingerprint density at radius 3 is 2.59 bits per heavy atom. The minimum Gasteiger partial charge on any atom is -0.467 e. The zero-order valence-corrected chi connectivity index (χ0v) is 16.4. The van der Waals surface area contributed by atoms with Gasteiger partial charge in [0.15, 0.2) is 12.4 Å². The summed E-state index contributed by atoms with van der Waals surface area (Å²) < 4.78 is 25.4. The fourth-order valence-electron chi connectivity index (χ4n) is 2.94. The van der Waals surface area contributed by atoms with Crippen molar-refractivity contribution in [2.75, 3.05) is 13.9 Å². The average Bonchev–Trinajstić information content (AvgIpc) is 3.44. The van der Waals surface area contributed by atoms with Crippen LogP contribution in [-0.2, 0) is 4.74 Å². The van der Waals surface area contributed by atoms with E-state index in [2.05, 4.69) is 15.0 Å². The Morgan fingerprint density at radius 2 is 1.89 bits per heavy atom. The molecule has 0 spiro atoms. The number of nitrogens with zero attached hydrogens (tertiary/aromatic N) is 3. The van der Waals surface area contributed by atoms with E-state index in [0.29, 0.717) is 16.3 Å². The summed E-state index contributed by atoms with van der Waals surface area (Å²) in [4.78, 5) is 12.2. The number of hydrogen-bond acceptors (Lipinski definition) is 5. The lowest BCUT2D eigenvalue weighted by molar-refractivity contribution is 0.0511. The molecule has 2 heterocycles. The van der Waals surface area contributed by atoms with E-state index in [9.17, 15) is 4.39 Å². The molecule has 0 radical (unpaired) electrons. The van der Waals surface area contributed by atoms with Gasteiger partial charge in [-0.3, -0.25) is 0 Å². The van der Waals surface area contributed by atoms with Gasteiger partial charge in [0.25, 0.3) is 0 Å². The second-order valence-electron chi connectivity index (χ2n) is 6.16. The first kappa shape index (κ1) is 18.6. The number of rotatable bonds is 5. The van der Waals surface area contributed by atoms with Crippen molar-refractivity contribution in [1.82, 2.24) is 15.0 Å². The van der Waals surface area contributed by atoms with Gasteiger partial charge >= 0.3 is 0 Å². The third-order valence-electron chi connectivity index (χ3n) is 4.25. The Labute approximate surface area is 169 Å². The number of halogens is 4. The lowest BCUT2D eigenvalue weighted by atomic mass is 9.99. The Morgan fingerprint density at radius 1 is 1.11 bits per heavy atom. The summed E-state index contributed by atoms with van der Waals surface area (Å²) in [7, 11) is 1.51. The highest BCUT2D eigenvalue weighted by molar-refractivity contribution is 6.35. The maximum atomic E-state index is 14.9. The molecule has 9 heteroatoms. The standard InChI is InChI=1S/C18H13Cl3FN3O2/c1-26-7-27-9-4-10(14(8-2-3-8)12(19)5-9)15-13(22)6-11-16(20)24-18(21)25-17(11)23-15/h4-6,8H,2-3,7H2,1H3. The fourth-order valence-corrected chi connectivity index (χ4v) is 3.74. The van der Waals surface area contributed by atoms with Gasteiger partial charge in [-0.15, -0.1) is 0 Å². The second-order valence-corrected chi connectivity index (χ2v) is 7.27. The number of methoxy groups -OCH3 is 1. The van der Waals surface area contributed by atoms with E-state index >= 15 is 0 Å². The minimum atomic E-state index is -0.558. The largest absolute Gasteiger partial charge is 0.467 e. The molecule has 1 aliphatic carbocycles. The topological polar surface area (TPSA) is 57.1 Å². The summed E-state index contributed by atoms with van der Waals surface area (Å²) in [6, 6.07) is 4.66. The molecule has 0 N–H and O–H groups in total. The predicted octanol–water partition coefficient (Wildman–Crippen LogP) is 5.65. The predicted molar refractivity (Wildman–Crippen MR) is 102 cm³/mol. The average molecular weight is 429 g/mol. The highest BCUT2D eigenvalue weighted by Gasteiger charge is 2.31. The minimum absolute atomic E-state index is 0.0422. The Balaban J connectivity index is 1.93. The molecule has 140 valence electrons. The summed E-state index contributed by atoms with van der Waals surface area (Å²) in [6.45, 7) is 0.0462. The zero-order valence-electron chi connectivity index (χ0n) is 14.1. The van der Waals surface area contributed by atoms with Gasteiger partial charge in [-0.1, -0.05) is 23.2 Å². The molecule has 0 atom stereocenters. The van der Waals surface area contributed by atoms with E-state index in [1.54, 1.807) is 12.1 Å². The summed E-state index contributed by atoms with van der Waals surface area (Å²) in [5, 5.41) is 0.769. The van der Waals surface area contributed by atoms with Crippen LogP contribution in [0.25, 0.3) is 22.3 Å². The molecule has 4 rings (SSSR count). The van der Waals surface area contributed by atoms with Gasteiger partial charge in [0, 0.05) is 17.7 Å². The maximum absolute atomic E-state index is 14.9. The highest BCUT2D eigenvalue weighted by Crippen LogP contribution is 2.49. The van der Waals surface area contributed by atoms with Crippen molar-refractivity contribution in [2.45, 2.75) is 18.8 Å². The van der Waals surface area contributed by atoms with Gasteiger partial charge < -0.3 is 9.47 Å². The number of ether oxygens (including phenoxy) is 2. The number of hydrogen-bond donors (Lipinski definition) is 0. The van der Waals surface area contributed by atoms with Crippen LogP contribution in [0, 0.1) is 5.82 Å². The SMILES string of the molecule is COCOc1cc(Cl)c(C2CC2)c(-c2nc3nc(Cl)nc(Cl)c3cc2F)c1. The molecule has 0 bridgehead atoms. The van der Waals surface area contributed by atoms with E-state index < -0.39 is 5.82 Å². The molecule has 0 amide bonds. The van der Waals surface area contributed by atoms with Crippen LogP contribution in [-0.4, -0.2) is 28.9 Å². The highest BCUT2D eigenvalue weighted by atomic mass is 35.5. The van der Waals surface area contributed by atoms with Crippen LogP contribution >= 0.6 is 34.8 Å². The maximum Gasteiger partial charge on any atom is 0.225 e. The van der Waals surface area contributed by atoms with E-state index in [1.165, 1.54) is 13.2 Å². The van der Waals surface area contributed by atoms with Gasteiger partial charge in [-0.05, 0) is 54.1 Å². The number of aromatic nitrogens is 3. The molecule has 2 aromatic heterocycles. The van der Waals surface area contributed by atoms with Crippen LogP contribution in [0.2, 0.25) is 15.5 Å². The van der Waals surface area contributed by atoms with Crippen LogP contribution in [0.4, 0.5) is 4.39 Å². The molecular weight excluding hydrogens is 416 g/mol. The smallest absolute Gasteiger partial charge is 0.225 e. The number of fused-ring (bicyclic) bond motifs is 1. The van der Waals surface area contributed by atoms with E-state index in [0.717, 1.165) is 18.4 Å². The van der Waals surface area contributed by atoms with Crippen molar-refractivity contribution >= 4 is 45.8 Å². The second kappa shape index (κ2) is 7.36. The lowest BCUT2D eigenvalue weighted by Crippen LogP contribution is -2.02. The Hall–Kier alpha value is -1.73. The first-order valence-electron chi connectivity index (χ1n) is 8.12. The van der Waals surface area contributed by atoms with Crippen molar-refractivity contribution in [3.05, 3.63) is 45.0 Å². The number of pyridine rings is 1. The third-order valence-corrected chi connectivity index (χ3v) is 5.02. The van der Waals surface area contributed by atoms with Crippen molar-refractivity contribution < 1.29 is 13.9 Å². The van der Waals surface area contributed by atoms with E-state index in [-0.39, 0.29) is 39.9 Å². The van der Waals surface area contributed by atoms with E-state index in [1.807, 2.05) is 0 Å². The van der Waals surface area contributed by atoms with Crippen molar-refractivity contribution in [3.63, 3.8) is 0 Å². The molecule has 0 aliphatic heterocycles. The monoisotopic (exact) mass is 427 g/mol. The van der Waals surface area contributed by atoms with Gasteiger partial charge in [-0.2, -0.15) is 4.98 Å². The van der Waals surface area contributed by atoms with Crippen LogP contribution in [0.1, 0.15) is 24.3 Å². The first-order valence-corrected chi connectivity index (χ1v) is 9.26. The van der Waals surface area contributed by atoms with Crippen LogP contribution in [0.15, 0.2) is 18.2 Å². The lowest BCUT2D eigenvalue weighted by Gasteiger charge is -2.15. The van der Waals surface area contributed by atoms with Crippen LogP contribution in [0.5, 0.6) is 5.75 Å². The first-order chi connectivity index (χ1) is 13.0. The van der Waals surface area contributed by atoms with Gasteiger partial charge in [0.05, 0.1) is 5.39 Å². The molecular formula is C18H13Cl3FN3O2. The number of benzene rings is 1. The summed E-state index contributed by atoms with van der Waals surface area (Å²) in [6.07, 6.45) is 1.97. The molecule has 1 aromatic carbocycles. The fraction of sp³-hybridized carbons (Fsp3) is 0.278. The molecule has 0 unspecified atom stereocenters. The van der Waals surface area contributed by atoms with Gasteiger partial charge in [0.1, 0.15) is 22.4 Å². The van der Waals surface area contributed by atoms with E-state index in [4.69, 9.17) is 44.3 Å². The summed E-state index contributed by atoms with van der Waals surface area (Å²) >= 11 is 18.4. The molecule has 1 fully saturated rings. The molecule has 27 heavy (non-hydrogen) atoms. The third kappa shape index (κ3) is 3.67. The van der Waals surface area contributed by atoms with Crippen molar-refractivity contribution in [3.8, 4) is 17.0 Å². The molecule has 5 nitrogen and oxygen atoms in total. The molecule has 1 aliphatic rings. The van der Waals surface area contributed by atoms with Gasteiger partial charge in [0.2, 0.25) is 5.28 Å². The van der Waals surface area contributed by atoms with Crippen molar-refractivity contribution in [2.24, 2.45) is 0 Å². The molecule has 3 aromatic rings. The van der Waals surface area contributed by atoms with Crippen LogP contribution in [0.3, 0.4) is 0 Å². The Kier molecular flexibility index (Phi) is 5.07. The Bertz CT molecular complexity index is 1040. The summed E-state index contributed by atoms with van der Waals surface area (Å²) in [5.74, 6) is 0.164. The quantitative estimate of drug-likeness (QED) is 0.298. The summed E-state index contributed by atoms with van der Waals surface area (Å²) in [5.41, 5.74) is 1.72. The van der Waals surface area contributed by atoms with Crippen LogP contribution < -0.4 is 4.74 Å². The zero-order chi connectivity index (χ0) is 19.1. The normalized spacial score (nSPS) is 14.0.